The van der Waals surface area contributed by atoms with Crippen molar-refractivity contribution < 1.29 is 0 Å². The van der Waals surface area contributed by atoms with Crippen molar-refractivity contribution in [3.05, 3.63) is 88.4 Å². The van der Waals surface area contributed by atoms with Gasteiger partial charge in [0.2, 0.25) is 0 Å². The molecule has 4 aromatic rings. The van der Waals surface area contributed by atoms with Crippen molar-refractivity contribution in [3.8, 4) is 6.07 Å². The van der Waals surface area contributed by atoms with Gasteiger partial charge in [-0.25, -0.2) is 0 Å². The van der Waals surface area contributed by atoms with Crippen molar-refractivity contribution in [2.45, 2.75) is 40.3 Å². The van der Waals surface area contributed by atoms with Crippen LogP contribution in [0.25, 0.3) is 23.1 Å². The zero-order chi connectivity index (χ0) is 26.6. The molecule has 2 aromatic heterocycles. The predicted octanol–water partition coefficient (Wildman–Crippen LogP) is 6.49. The second-order valence-electron chi connectivity index (χ2n) is 10.4. The highest BCUT2D eigenvalue weighted by molar-refractivity contribution is 5.90. The average molecular weight is 505 g/mol. The lowest BCUT2D eigenvalue weighted by molar-refractivity contribution is 0.104. The third-order valence-corrected chi connectivity index (χ3v) is 7.67. The van der Waals surface area contributed by atoms with Crippen LogP contribution in [0.15, 0.2) is 54.9 Å². The van der Waals surface area contributed by atoms with E-state index in [1.54, 1.807) is 6.20 Å². The van der Waals surface area contributed by atoms with Crippen molar-refractivity contribution in [2.75, 3.05) is 31.5 Å². The second-order valence-corrected chi connectivity index (χ2v) is 10.4. The molecule has 0 amide bonds. The van der Waals surface area contributed by atoms with E-state index in [1.807, 2.05) is 13.1 Å². The lowest BCUT2D eigenvalue weighted by atomic mass is 10.0. The van der Waals surface area contributed by atoms with Crippen LogP contribution in [0.4, 0.5) is 11.4 Å². The summed E-state index contributed by atoms with van der Waals surface area (Å²) >= 11 is 0. The first-order valence-electron chi connectivity index (χ1n) is 13.4. The minimum absolute atomic E-state index is 0.525. The van der Waals surface area contributed by atoms with Gasteiger partial charge in [-0.3, -0.25) is 14.8 Å². The summed E-state index contributed by atoms with van der Waals surface area (Å²) in [4.78, 5) is 12.8. The molecule has 6 heteroatoms. The third-order valence-electron chi connectivity index (χ3n) is 7.67. The Morgan fingerprint density at radius 1 is 1.03 bits per heavy atom. The molecule has 38 heavy (non-hydrogen) atoms. The lowest BCUT2D eigenvalue weighted by Crippen LogP contribution is -2.48. The molecule has 0 bridgehead atoms. The fraction of sp³-hybridized carbons (Fsp3) is 0.312. The first-order chi connectivity index (χ1) is 18.4. The maximum atomic E-state index is 9.85. The number of H-pyrrole nitrogens is 1. The van der Waals surface area contributed by atoms with Crippen LogP contribution in [0.3, 0.4) is 0 Å². The number of nitrogens with one attached hydrogen (secondary N) is 2. The van der Waals surface area contributed by atoms with E-state index in [0.29, 0.717) is 11.6 Å². The van der Waals surface area contributed by atoms with Crippen molar-refractivity contribution >= 4 is 34.4 Å². The molecule has 0 aliphatic carbocycles. The molecule has 5 rings (SSSR count). The summed E-state index contributed by atoms with van der Waals surface area (Å²) < 4.78 is 0. The van der Waals surface area contributed by atoms with Gasteiger partial charge in [0, 0.05) is 79.0 Å². The molecule has 0 spiro atoms. The first-order valence-corrected chi connectivity index (χ1v) is 13.4. The molecule has 2 N–H and O–H groups in total. The number of anilines is 2. The van der Waals surface area contributed by atoms with Crippen LogP contribution >= 0.6 is 0 Å². The van der Waals surface area contributed by atoms with E-state index in [0.717, 1.165) is 72.0 Å². The monoisotopic (exact) mass is 504 g/mol. The number of aromatic nitrogens is 2. The maximum Gasteiger partial charge on any atom is 0.103 e. The van der Waals surface area contributed by atoms with Gasteiger partial charge in [0.15, 0.2) is 0 Å². The standard InChI is InChI=1S/C32H36N6/c1-22(2)38-17-15-37(16-18-38)21-26-7-5-25(6-8-26)9-10-29-24(4)35-20-27(19-33)32(29)36-30-11-12-31-28(23(30)3)13-14-34-31/h5-14,20,22,34H,15-18,21H2,1-4H3,(H,35,36). The molecule has 0 atom stereocenters. The van der Waals surface area contributed by atoms with Gasteiger partial charge < -0.3 is 10.3 Å². The molecule has 6 nitrogen and oxygen atoms in total. The van der Waals surface area contributed by atoms with Gasteiger partial charge in [0.25, 0.3) is 0 Å². The highest BCUT2D eigenvalue weighted by atomic mass is 15.3. The molecular weight excluding hydrogens is 468 g/mol. The number of fused-ring (bicyclic) bond motifs is 1. The predicted molar refractivity (Wildman–Crippen MR) is 157 cm³/mol. The molecule has 2 aromatic carbocycles. The number of aryl methyl sites for hydroxylation is 2. The van der Waals surface area contributed by atoms with Crippen LogP contribution < -0.4 is 5.32 Å². The van der Waals surface area contributed by atoms with Crippen molar-refractivity contribution in [1.82, 2.24) is 19.8 Å². The topological polar surface area (TPSA) is 71.0 Å². The second kappa shape index (κ2) is 11.2. The van der Waals surface area contributed by atoms with E-state index in [-0.39, 0.29) is 0 Å². The van der Waals surface area contributed by atoms with Crippen LogP contribution in [0.5, 0.6) is 0 Å². The Morgan fingerprint density at radius 3 is 2.50 bits per heavy atom. The number of piperazine rings is 1. The minimum Gasteiger partial charge on any atom is -0.361 e. The lowest BCUT2D eigenvalue weighted by Gasteiger charge is -2.36. The Balaban J connectivity index is 1.34. The Bertz CT molecular complexity index is 1480. The summed E-state index contributed by atoms with van der Waals surface area (Å²) in [5.41, 5.74) is 8.78. The fourth-order valence-electron chi connectivity index (χ4n) is 5.21. The fourth-order valence-corrected chi connectivity index (χ4v) is 5.21. The molecule has 1 aliphatic heterocycles. The number of benzene rings is 2. The first kappa shape index (κ1) is 25.7. The molecule has 0 saturated carbocycles. The van der Waals surface area contributed by atoms with Crippen LogP contribution in [0, 0.1) is 25.2 Å². The van der Waals surface area contributed by atoms with Crippen LogP contribution in [-0.2, 0) is 6.54 Å². The number of aromatic amines is 1. The normalized spacial score (nSPS) is 14.9. The summed E-state index contributed by atoms with van der Waals surface area (Å²) in [5.74, 6) is 0. The summed E-state index contributed by atoms with van der Waals surface area (Å²) in [7, 11) is 0. The molecule has 1 fully saturated rings. The molecule has 0 unspecified atom stereocenters. The molecule has 3 heterocycles. The van der Waals surface area contributed by atoms with Crippen molar-refractivity contribution in [2.24, 2.45) is 0 Å². The Kier molecular flexibility index (Phi) is 7.59. The molecule has 0 radical (unpaired) electrons. The van der Waals surface area contributed by atoms with E-state index in [1.165, 1.54) is 10.9 Å². The summed E-state index contributed by atoms with van der Waals surface area (Å²) in [6.07, 6.45) is 7.76. The summed E-state index contributed by atoms with van der Waals surface area (Å²) in [6, 6.07) is 17.9. The van der Waals surface area contributed by atoms with Gasteiger partial charge in [-0.1, -0.05) is 36.4 Å². The quantitative estimate of drug-likeness (QED) is 0.301. The number of rotatable bonds is 7. The number of nitriles is 1. The molecule has 1 saturated heterocycles. The largest absolute Gasteiger partial charge is 0.361 e. The van der Waals surface area contributed by atoms with E-state index >= 15 is 0 Å². The van der Waals surface area contributed by atoms with Gasteiger partial charge in [-0.05, 0) is 62.6 Å². The molecule has 1 aliphatic rings. The Morgan fingerprint density at radius 2 is 1.79 bits per heavy atom. The van der Waals surface area contributed by atoms with E-state index in [9.17, 15) is 5.26 Å². The smallest absolute Gasteiger partial charge is 0.103 e. The zero-order valence-electron chi connectivity index (χ0n) is 22.8. The number of hydrogen-bond donors (Lipinski definition) is 2. The molecular formula is C32H36N6. The van der Waals surface area contributed by atoms with Gasteiger partial charge in [-0.15, -0.1) is 0 Å². The number of pyridine rings is 1. The van der Waals surface area contributed by atoms with E-state index in [2.05, 4.69) is 107 Å². The van der Waals surface area contributed by atoms with Crippen LogP contribution in [0.1, 0.15) is 47.4 Å². The van der Waals surface area contributed by atoms with Gasteiger partial charge >= 0.3 is 0 Å². The Labute approximate surface area is 225 Å². The summed E-state index contributed by atoms with van der Waals surface area (Å²) in [6.45, 7) is 14.1. The van der Waals surface area contributed by atoms with E-state index in [4.69, 9.17) is 0 Å². The van der Waals surface area contributed by atoms with Gasteiger partial charge in [0.1, 0.15) is 6.07 Å². The average Bonchev–Trinajstić information content (AvgIpc) is 3.41. The SMILES string of the molecule is Cc1ncc(C#N)c(Nc2ccc3[nH]ccc3c2C)c1C=Cc1ccc(CN2CCN(C(C)C)CC2)cc1. The summed E-state index contributed by atoms with van der Waals surface area (Å²) in [5, 5.41) is 14.6. The third kappa shape index (κ3) is 5.50. The van der Waals surface area contributed by atoms with Gasteiger partial charge in [0.05, 0.1) is 11.3 Å². The number of nitrogens with zero attached hydrogens (tertiary/aromatic N) is 4. The Hall–Kier alpha value is -3.92. The zero-order valence-corrected chi connectivity index (χ0v) is 22.8. The molecule has 194 valence electrons. The van der Waals surface area contributed by atoms with Crippen LogP contribution in [0.2, 0.25) is 0 Å². The number of hydrogen-bond acceptors (Lipinski definition) is 5. The highest BCUT2D eigenvalue weighted by Crippen LogP contribution is 2.32. The van der Waals surface area contributed by atoms with Crippen molar-refractivity contribution in [3.63, 3.8) is 0 Å². The van der Waals surface area contributed by atoms with Crippen molar-refractivity contribution in [1.29, 1.82) is 5.26 Å². The van der Waals surface area contributed by atoms with E-state index < -0.39 is 0 Å². The minimum atomic E-state index is 0.525. The van der Waals surface area contributed by atoms with Gasteiger partial charge in [-0.2, -0.15) is 5.26 Å². The highest BCUT2D eigenvalue weighted by Gasteiger charge is 2.18. The maximum absolute atomic E-state index is 9.85. The van der Waals surface area contributed by atoms with Crippen LogP contribution in [-0.4, -0.2) is 52.0 Å².